The van der Waals surface area contributed by atoms with E-state index in [-0.39, 0.29) is 0 Å². The van der Waals surface area contributed by atoms with Crippen LogP contribution >= 0.6 is 11.3 Å². The van der Waals surface area contributed by atoms with Crippen LogP contribution in [0.15, 0.2) is 27.9 Å². The fraction of sp³-hybridized carbons (Fsp3) is 0.222. The van der Waals surface area contributed by atoms with Crippen LogP contribution in [0.5, 0.6) is 0 Å². The summed E-state index contributed by atoms with van der Waals surface area (Å²) in [5.41, 5.74) is 2.25. The zero-order valence-electron chi connectivity index (χ0n) is 6.74. The Kier molecular flexibility index (Phi) is 3.05. The molecule has 1 aromatic heterocycles. The second-order valence-corrected chi connectivity index (χ2v) is 2.85. The SMILES string of the molecule is CC=NC(=CC)c1ccsc1. The van der Waals surface area contributed by atoms with Gasteiger partial charge in [0.1, 0.15) is 0 Å². The van der Waals surface area contributed by atoms with Gasteiger partial charge in [-0.25, -0.2) is 0 Å². The number of rotatable bonds is 2. The van der Waals surface area contributed by atoms with E-state index in [1.165, 1.54) is 5.56 Å². The molecule has 0 N–H and O–H groups in total. The Bertz CT molecular complexity index is 257. The van der Waals surface area contributed by atoms with Crippen LogP contribution in [0.4, 0.5) is 0 Å². The van der Waals surface area contributed by atoms with Crippen molar-refractivity contribution in [3.05, 3.63) is 28.5 Å². The first-order valence-electron chi connectivity index (χ1n) is 3.56. The summed E-state index contributed by atoms with van der Waals surface area (Å²) in [5, 5.41) is 4.16. The number of nitrogens with zero attached hydrogens (tertiary/aromatic N) is 1. The Hall–Kier alpha value is -0.890. The first-order chi connectivity index (χ1) is 5.38. The predicted molar refractivity (Wildman–Crippen MR) is 52.1 cm³/mol. The molecule has 1 rings (SSSR count). The van der Waals surface area contributed by atoms with Crippen LogP contribution in [0.2, 0.25) is 0 Å². The topological polar surface area (TPSA) is 12.4 Å². The average Bonchev–Trinajstić information content (AvgIpc) is 2.52. The molecule has 58 valence electrons. The molecule has 0 fully saturated rings. The Morgan fingerprint density at radius 2 is 2.36 bits per heavy atom. The van der Waals surface area contributed by atoms with Gasteiger partial charge in [-0.15, -0.1) is 0 Å². The van der Waals surface area contributed by atoms with Gasteiger partial charge in [-0.3, -0.25) is 4.99 Å². The third-order valence-electron chi connectivity index (χ3n) is 1.36. The van der Waals surface area contributed by atoms with Crippen molar-refractivity contribution in [3.63, 3.8) is 0 Å². The van der Waals surface area contributed by atoms with Gasteiger partial charge in [0.15, 0.2) is 0 Å². The lowest BCUT2D eigenvalue weighted by molar-refractivity contribution is 1.52. The lowest BCUT2D eigenvalue weighted by Gasteiger charge is -1.93. The fourth-order valence-electron chi connectivity index (χ4n) is 0.865. The smallest absolute Gasteiger partial charge is 0.0663 e. The summed E-state index contributed by atoms with van der Waals surface area (Å²) < 4.78 is 0. The van der Waals surface area contributed by atoms with Crippen LogP contribution in [0.25, 0.3) is 5.70 Å². The summed E-state index contributed by atoms with van der Waals surface area (Å²) in [6.07, 6.45) is 3.83. The van der Waals surface area contributed by atoms with Crippen molar-refractivity contribution in [1.29, 1.82) is 0 Å². The van der Waals surface area contributed by atoms with Gasteiger partial charge in [0, 0.05) is 17.2 Å². The van der Waals surface area contributed by atoms with Crippen molar-refractivity contribution in [2.45, 2.75) is 13.8 Å². The number of hydrogen-bond donors (Lipinski definition) is 0. The largest absolute Gasteiger partial charge is 0.261 e. The second kappa shape index (κ2) is 4.09. The number of aliphatic imine (C=N–C) groups is 1. The summed E-state index contributed by atoms with van der Waals surface area (Å²) in [6.45, 7) is 3.93. The van der Waals surface area contributed by atoms with Gasteiger partial charge in [-0.05, 0) is 25.3 Å². The van der Waals surface area contributed by atoms with E-state index in [1.807, 2.05) is 26.1 Å². The van der Waals surface area contributed by atoms with Gasteiger partial charge in [0.05, 0.1) is 5.70 Å². The van der Waals surface area contributed by atoms with E-state index in [4.69, 9.17) is 0 Å². The minimum Gasteiger partial charge on any atom is -0.261 e. The zero-order chi connectivity index (χ0) is 8.10. The second-order valence-electron chi connectivity index (χ2n) is 2.07. The molecule has 2 heteroatoms. The molecule has 0 aliphatic carbocycles. The molecule has 0 aliphatic heterocycles. The highest BCUT2D eigenvalue weighted by Gasteiger charge is 1.95. The molecule has 1 nitrogen and oxygen atoms in total. The van der Waals surface area contributed by atoms with Gasteiger partial charge in [-0.1, -0.05) is 6.08 Å². The zero-order valence-corrected chi connectivity index (χ0v) is 7.56. The van der Waals surface area contributed by atoms with E-state index in [0.29, 0.717) is 0 Å². The van der Waals surface area contributed by atoms with E-state index in [1.54, 1.807) is 11.3 Å². The number of thiophene rings is 1. The summed E-state index contributed by atoms with van der Waals surface area (Å²) in [4.78, 5) is 4.23. The minimum absolute atomic E-state index is 1.05. The highest BCUT2D eigenvalue weighted by atomic mass is 32.1. The lowest BCUT2D eigenvalue weighted by atomic mass is 10.2. The molecule has 0 saturated carbocycles. The van der Waals surface area contributed by atoms with Crippen molar-refractivity contribution in [1.82, 2.24) is 0 Å². The Morgan fingerprint density at radius 3 is 2.82 bits per heavy atom. The minimum atomic E-state index is 1.05. The van der Waals surface area contributed by atoms with Gasteiger partial charge < -0.3 is 0 Å². The normalized spacial score (nSPS) is 12.7. The molecule has 0 bridgehead atoms. The summed E-state index contributed by atoms with van der Waals surface area (Å²) >= 11 is 1.69. The highest BCUT2D eigenvalue weighted by Crippen LogP contribution is 2.17. The van der Waals surface area contributed by atoms with Gasteiger partial charge in [0.25, 0.3) is 0 Å². The van der Waals surface area contributed by atoms with Crippen LogP contribution < -0.4 is 0 Å². The molecule has 0 aliphatic rings. The van der Waals surface area contributed by atoms with Gasteiger partial charge >= 0.3 is 0 Å². The molecule has 0 radical (unpaired) electrons. The van der Waals surface area contributed by atoms with E-state index in [0.717, 1.165) is 5.70 Å². The maximum absolute atomic E-state index is 4.23. The van der Waals surface area contributed by atoms with Crippen LogP contribution in [0.3, 0.4) is 0 Å². The maximum Gasteiger partial charge on any atom is 0.0663 e. The Morgan fingerprint density at radius 1 is 1.55 bits per heavy atom. The molecule has 0 amide bonds. The molecule has 11 heavy (non-hydrogen) atoms. The molecule has 0 atom stereocenters. The predicted octanol–water partition coefficient (Wildman–Crippen LogP) is 3.20. The lowest BCUT2D eigenvalue weighted by Crippen LogP contribution is -1.74. The van der Waals surface area contributed by atoms with Crippen molar-refractivity contribution < 1.29 is 0 Å². The Balaban J connectivity index is 2.89. The summed E-state index contributed by atoms with van der Waals surface area (Å²) in [7, 11) is 0. The molecule has 1 aromatic rings. The van der Waals surface area contributed by atoms with E-state index in [2.05, 4.69) is 21.8 Å². The van der Waals surface area contributed by atoms with Gasteiger partial charge in [-0.2, -0.15) is 11.3 Å². The van der Waals surface area contributed by atoms with Gasteiger partial charge in [0.2, 0.25) is 0 Å². The molecule has 1 heterocycles. The monoisotopic (exact) mass is 165 g/mol. The van der Waals surface area contributed by atoms with E-state index < -0.39 is 0 Å². The first kappa shape index (κ1) is 8.21. The van der Waals surface area contributed by atoms with Crippen LogP contribution in [-0.2, 0) is 0 Å². The third-order valence-corrected chi connectivity index (χ3v) is 2.04. The molecular formula is C9H11NS. The standard InChI is InChI=1S/C9H11NS/c1-3-9(10-4-2)8-5-6-11-7-8/h3-7H,1-2H3. The van der Waals surface area contributed by atoms with E-state index >= 15 is 0 Å². The van der Waals surface area contributed by atoms with Crippen molar-refractivity contribution in [2.24, 2.45) is 4.99 Å². The molecule has 0 saturated heterocycles. The maximum atomic E-state index is 4.23. The summed E-state index contributed by atoms with van der Waals surface area (Å²) in [5.74, 6) is 0. The number of allylic oxidation sites excluding steroid dienone is 1. The average molecular weight is 165 g/mol. The highest BCUT2D eigenvalue weighted by molar-refractivity contribution is 7.08. The third kappa shape index (κ3) is 2.02. The fourth-order valence-corrected chi connectivity index (χ4v) is 1.51. The molecule has 0 spiro atoms. The van der Waals surface area contributed by atoms with Crippen molar-refractivity contribution in [2.75, 3.05) is 0 Å². The quantitative estimate of drug-likeness (QED) is 0.597. The van der Waals surface area contributed by atoms with Crippen molar-refractivity contribution >= 4 is 23.2 Å². The summed E-state index contributed by atoms with van der Waals surface area (Å²) in [6, 6.07) is 2.08. The van der Waals surface area contributed by atoms with Crippen molar-refractivity contribution in [3.8, 4) is 0 Å². The van der Waals surface area contributed by atoms with Crippen LogP contribution in [0, 0.1) is 0 Å². The van der Waals surface area contributed by atoms with E-state index in [9.17, 15) is 0 Å². The van der Waals surface area contributed by atoms with Crippen LogP contribution in [0.1, 0.15) is 19.4 Å². The number of hydrogen-bond acceptors (Lipinski definition) is 2. The molecule has 0 aromatic carbocycles. The molecule has 0 unspecified atom stereocenters. The molecular weight excluding hydrogens is 154 g/mol. The Labute approximate surface area is 71.1 Å². The van der Waals surface area contributed by atoms with Crippen LogP contribution in [-0.4, -0.2) is 6.21 Å². The first-order valence-corrected chi connectivity index (χ1v) is 4.50.